The van der Waals surface area contributed by atoms with Crippen molar-refractivity contribution in [2.24, 2.45) is 5.92 Å². The maximum Gasteiger partial charge on any atom is 0.223 e. The van der Waals surface area contributed by atoms with Crippen LogP contribution in [0.2, 0.25) is 0 Å². The fraction of sp³-hybridized carbons (Fsp3) is 0.500. The Kier molecular flexibility index (Phi) is 4.74. The molecule has 0 bridgehead atoms. The normalized spacial score (nSPS) is 18.1. The molecule has 1 amide bonds. The van der Waals surface area contributed by atoms with E-state index in [0.717, 1.165) is 37.6 Å². The number of carbonyl (C=O) groups is 1. The molecule has 0 saturated carbocycles. The minimum Gasteiger partial charge on any atom is -0.342 e. The van der Waals surface area contributed by atoms with Crippen LogP contribution >= 0.6 is 0 Å². The van der Waals surface area contributed by atoms with Crippen molar-refractivity contribution in [2.75, 3.05) is 13.1 Å². The van der Waals surface area contributed by atoms with Gasteiger partial charge in [0.25, 0.3) is 0 Å². The highest BCUT2D eigenvalue weighted by Crippen LogP contribution is 2.26. The van der Waals surface area contributed by atoms with Crippen molar-refractivity contribution < 1.29 is 4.79 Å². The summed E-state index contributed by atoms with van der Waals surface area (Å²) in [7, 11) is 0. The first-order valence-electron chi connectivity index (χ1n) is 8.34. The number of hydrogen-bond donors (Lipinski definition) is 1. The number of carbonyl (C=O) groups excluding carboxylic acids is 1. The number of rotatable bonds is 6. The number of aryl methyl sites for hydroxylation is 2. The molecule has 1 fully saturated rings. The minimum absolute atomic E-state index is 0.128. The highest BCUT2D eigenvalue weighted by Gasteiger charge is 2.33. The van der Waals surface area contributed by atoms with Crippen molar-refractivity contribution in [2.45, 2.75) is 39.0 Å². The Bertz CT molecular complexity index is 650. The van der Waals surface area contributed by atoms with Gasteiger partial charge in [-0.15, -0.1) is 0 Å². The Labute approximate surface area is 137 Å². The zero-order chi connectivity index (χ0) is 16.2. The summed E-state index contributed by atoms with van der Waals surface area (Å²) in [6.07, 6.45) is 2.31. The smallest absolute Gasteiger partial charge is 0.223 e. The van der Waals surface area contributed by atoms with Gasteiger partial charge in [-0.1, -0.05) is 44.2 Å². The molecular formula is C18H24N4O. The van der Waals surface area contributed by atoms with Gasteiger partial charge in [0.2, 0.25) is 5.91 Å². The summed E-state index contributed by atoms with van der Waals surface area (Å²) in [5.74, 6) is 2.53. The van der Waals surface area contributed by atoms with Crippen molar-refractivity contribution in [1.29, 1.82) is 0 Å². The third-order valence-corrected chi connectivity index (χ3v) is 4.21. The summed E-state index contributed by atoms with van der Waals surface area (Å²) in [6.45, 7) is 5.83. The summed E-state index contributed by atoms with van der Waals surface area (Å²) in [5.41, 5.74) is 1.30. The monoisotopic (exact) mass is 312 g/mol. The number of H-pyrrole nitrogens is 1. The zero-order valence-electron chi connectivity index (χ0n) is 13.8. The molecule has 0 unspecified atom stereocenters. The largest absolute Gasteiger partial charge is 0.342 e. The van der Waals surface area contributed by atoms with Crippen molar-refractivity contribution in [3.63, 3.8) is 0 Å². The van der Waals surface area contributed by atoms with Crippen molar-refractivity contribution >= 4 is 5.91 Å². The van der Waals surface area contributed by atoms with Crippen LogP contribution in [0.4, 0.5) is 0 Å². The molecule has 0 aliphatic carbocycles. The number of likely N-dealkylation sites (tertiary alicyclic amines) is 1. The molecular weight excluding hydrogens is 288 g/mol. The fourth-order valence-electron chi connectivity index (χ4n) is 3.07. The van der Waals surface area contributed by atoms with Crippen LogP contribution in [-0.4, -0.2) is 39.1 Å². The first kappa shape index (κ1) is 15.7. The molecule has 122 valence electrons. The van der Waals surface area contributed by atoms with Gasteiger partial charge in [-0.3, -0.25) is 9.89 Å². The first-order chi connectivity index (χ1) is 11.1. The van der Waals surface area contributed by atoms with Crippen molar-refractivity contribution in [3.05, 3.63) is 47.5 Å². The molecule has 0 spiro atoms. The van der Waals surface area contributed by atoms with Crippen LogP contribution in [0, 0.1) is 5.92 Å². The molecule has 1 N–H and O–H groups in total. The SMILES string of the molecule is CC(C)CN1C[C@H](c2n[nH]c(CCc3ccccc3)n2)CC1=O. The number of aromatic nitrogens is 3. The van der Waals surface area contributed by atoms with E-state index in [-0.39, 0.29) is 11.8 Å². The van der Waals surface area contributed by atoms with Gasteiger partial charge < -0.3 is 4.90 Å². The number of amides is 1. The van der Waals surface area contributed by atoms with Crippen molar-refractivity contribution in [1.82, 2.24) is 20.1 Å². The van der Waals surface area contributed by atoms with E-state index in [9.17, 15) is 4.79 Å². The lowest BCUT2D eigenvalue weighted by Gasteiger charge is -2.18. The second-order valence-corrected chi connectivity index (χ2v) is 6.72. The molecule has 5 heteroatoms. The van der Waals surface area contributed by atoms with Crippen molar-refractivity contribution in [3.8, 4) is 0 Å². The van der Waals surface area contributed by atoms with Crippen LogP contribution in [0.15, 0.2) is 30.3 Å². The zero-order valence-corrected chi connectivity index (χ0v) is 13.8. The van der Waals surface area contributed by atoms with Gasteiger partial charge in [0, 0.05) is 31.8 Å². The lowest BCUT2D eigenvalue weighted by atomic mass is 10.1. The number of nitrogens with zero attached hydrogens (tertiary/aromatic N) is 3. The lowest BCUT2D eigenvalue weighted by Crippen LogP contribution is -2.29. The summed E-state index contributed by atoms with van der Waals surface area (Å²) in [5, 5.41) is 7.38. The van der Waals surface area contributed by atoms with E-state index in [2.05, 4.69) is 53.3 Å². The third kappa shape index (κ3) is 3.97. The van der Waals surface area contributed by atoms with Gasteiger partial charge in [0.05, 0.1) is 0 Å². The average Bonchev–Trinajstić information content (AvgIpc) is 3.13. The second-order valence-electron chi connectivity index (χ2n) is 6.72. The lowest BCUT2D eigenvalue weighted by molar-refractivity contribution is -0.128. The predicted molar refractivity (Wildman–Crippen MR) is 89.0 cm³/mol. The Morgan fingerprint density at radius 3 is 2.78 bits per heavy atom. The first-order valence-corrected chi connectivity index (χ1v) is 8.34. The number of nitrogens with one attached hydrogen (secondary N) is 1. The third-order valence-electron chi connectivity index (χ3n) is 4.21. The summed E-state index contributed by atoms with van der Waals surface area (Å²) < 4.78 is 0. The van der Waals surface area contributed by atoms with E-state index in [1.54, 1.807) is 0 Å². The number of benzene rings is 1. The Morgan fingerprint density at radius 1 is 1.26 bits per heavy atom. The molecule has 1 aromatic carbocycles. The summed E-state index contributed by atoms with van der Waals surface area (Å²) in [4.78, 5) is 18.6. The van der Waals surface area contributed by atoms with Gasteiger partial charge in [-0.25, -0.2) is 4.98 Å². The maximum absolute atomic E-state index is 12.1. The van der Waals surface area contributed by atoms with Gasteiger partial charge in [0.1, 0.15) is 5.82 Å². The van der Waals surface area contributed by atoms with Gasteiger partial charge in [-0.05, 0) is 17.9 Å². The van der Waals surface area contributed by atoms with E-state index in [0.29, 0.717) is 12.3 Å². The standard InChI is InChI=1S/C18H24N4O/c1-13(2)11-22-12-15(10-17(22)23)18-19-16(20-21-18)9-8-14-6-4-3-5-7-14/h3-7,13,15H,8-12H2,1-2H3,(H,19,20,21)/t15-/m1/s1. The molecule has 23 heavy (non-hydrogen) atoms. The van der Waals surface area contributed by atoms with E-state index in [1.165, 1.54) is 5.56 Å². The van der Waals surface area contributed by atoms with Crippen LogP contribution in [0.3, 0.4) is 0 Å². The summed E-state index contributed by atoms with van der Waals surface area (Å²) >= 11 is 0. The molecule has 1 atom stereocenters. The second kappa shape index (κ2) is 6.94. The van der Waals surface area contributed by atoms with E-state index in [4.69, 9.17) is 0 Å². The molecule has 1 aliphatic rings. The molecule has 1 saturated heterocycles. The van der Waals surface area contributed by atoms with E-state index < -0.39 is 0 Å². The van der Waals surface area contributed by atoms with Crippen LogP contribution < -0.4 is 0 Å². The fourth-order valence-corrected chi connectivity index (χ4v) is 3.07. The Balaban J connectivity index is 1.58. The van der Waals surface area contributed by atoms with Gasteiger partial charge in [0.15, 0.2) is 5.82 Å². The Morgan fingerprint density at radius 2 is 2.04 bits per heavy atom. The minimum atomic E-state index is 0.128. The topological polar surface area (TPSA) is 61.9 Å². The number of aromatic amines is 1. The molecule has 1 aliphatic heterocycles. The van der Waals surface area contributed by atoms with Gasteiger partial charge in [-0.2, -0.15) is 5.10 Å². The van der Waals surface area contributed by atoms with Crippen LogP contribution in [0.5, 0.6) is 0 Å². The summed E-state index contributed by atoms with van der Waals surface area (Å²) in [6, 6.07) is 10.4. The predicted octanol–water partition coefficient (Wildman–Crippen LogP) is 2.56. The molecule has 2 aromatic rings. The average molecular weight is 312 g/mol. The van der Waals surface area contributed by atoms with E-state index in [1.807, 2.05) is 11.0 Å². The molecule has 0 radical (unpaired) electrons. The Hall–Kier alpha value is -2.17. The van der Waals surface area contributed by atoms with Gasteiger partial charge >= 0.3 is 0 Å². The van der Waals surface area contributed by atoms with Crippen LogP contribution in [0.1, 0.15) is 43.4 Å². The highest BCUT2D eigenvalue weighted by atomic mass is 16.2. The van der Waals surface area contributed by atoms with E-state index >= 15 is 0 Å². The highest BCUT2D eigenvalue weighted by molar-refractivity contribution is 5.79. The molecule has 1 aromatic heterocycles. The molecule has 5 nitrogen and oxygen atoms in total. The number of hydrogen-bond acceptors (Lipinski definition) is 3. The van der Waals surface area contributed by atoms with Crippen LogP contribution in [0.25, 0.3) is 0 Å². The molecule has 2 heterocycles. The molecule has 3 rings (SSSR count). The maximum atomic E-state index is 12.1. The quantitative estimate of drug-likeness (QED) is 0.891. The van der Waals surface area contributed by atoms with Crippen LogP contribution in [-0.2, 0) is 17.6 Å².